The Bertz CT molecular complexity index is 227. The summed E-state index contributed by atoms with van der Waals surface area (Å²) in [5, 5.41) is 2.72. The van der Waals surface area contributed by atoms with Crippen molar-refractivity contribution in [3.63, 3.8) is 0 Å². The van der Waals surface area contributed by atoms with E-state index in [9.17, 15) is 9.59 Å². The Balaban J connectivity index is 2.23. The number of hydrogen-bond donors (Lipinski definition) is 1. The number of esters is 1. The van der Waals surface area contributed by atoms with Crippen molar-refractivity contribution < 1.29 is 19.1 Å². The normalized spacial score (nSPS) is 25.0. The maximum Gasteiger partial charge on any atom is 0.315 e. The van der Waals surface area contributed by atoms with Gasteiger partial charge in [-0.15, -0.1) is 0 Å². The van der Waals surface area contributed by atoms with Gasteiger partial charge < -0.3 is 14.8 Å². The van der Waals surface area contributed by atoms with E-state index in [0.717, 1.165) is 12.8 Å². The van der Waals surface area contributed by atoms with Crippen LogP contribution in [0.15, 0.2) is 0 Å². The molecule has 1 rings (SSSR count). The molecule has 0 radical (unpaired) electrons. The molecule has 0 aromatic carbocycles. The van der Waals surface area contributed by atoms with Crippen LogP contribution in [0.5, 0.6) is 0 Å². The monoisotopic (exact) mass is 201 g/mol. The third-order valence-electron chi connectivity index (χ3n) is 2.39. The molecule has 2 atom stereocenters. The van der Waals surface area contributed by atoms with Crippen LogP contribution >= 0.6 is 0 Å². The molecule has 1 amide bonds. The largest absolute Gasteiger partial charge is 0.469 e. The molecule has 5 nitrogen and oxygen atoms in total. The first-order chi connectivity index (χ1) is 6.67. The molecule has 1 aliphatic carbocycles. The summed E-state index contributed by atoms with van der Waals surface area (Å²) in [5.74, 6) is -0.820. The third kappa shape index (κ3) is 2.70. The highest BCUT2D eigenvalue weighted by molar-refractivity contribution is 5.94. The van der Waals surface area contributed by atoms with Gasteiger partial charge in [-0.05, 0) is 12.8 Å². The van der Waals surface area contributed by atoms with Crippen LogP contribution in [0.25, 0.3) is 0 Å². The summed E-state index contributed by atoms with van der Waals surface area (Å²) in [4.78, 5) is 22.0. The predicted molar refractivity (Wildman–Crippen MR) is 48.6 cm³/mol. The number of carbonyl (C=O) groups excluding carboxylic acids is 2. The Labute approximate surface area is 82.8 Å². The van der Waals surface area contributed by atoms with Crippen molar-refractivity contribution in [3.8, 4) is 0 Å². The lowest BCUT2D eigenvalue weighted by Gasteiger charge is -2.35. The number of carbonyl (C=O) groups is 2. The second kappa shape index (κ2) is 4.95. The Morgan fingerprint density at radius 1 is 1.36 bits per heavy atom. The molecule has 0 heterocycles. The molecule has 1 aliphatic rings. The minimum absolute atomic E-state index is 0.0529. The molecule has 1 N–H and O–H groups in total. The second-order valence-corrected chi connectivity index (χ2v) is 3.28. The fraction of sp³-hybridized carbons (Fsp3) is 0.778. The van der Waals surface area contributed by atoms with Gasteiger partial charge in [0.25, 0.3) is 0 Å². The van der Waals surface area contributed by atoms with Gasteiger partial charge in [-0.25, -0.2) is 0 Å². The van der Waals surface area contributed by atoms with Crippen molar-refractivity contribution in [2.24, 2.45) is 0 Å². The molecule has 2 unspecified atom stereocenters. The van der Waals surface area contributed by atoms with Gasteiger partial charge in [0.15, 0.2) is 0 Å². The van der Waals surface area contributed by atoms with Gasteiger partial charge in [0, 0.05) is 7.11 Å². The van der Waals surface area contributed by atoms with Gasteiger partial charge in [0.05, 0.1) is 19.3 Å². The lowest BCUT2D eigenvalue weighted by atomic mass is 9.89. The number of methoxy groups -OCH3 is 2. The van der Waals surface area contributed by atoms with Crippen molar-refractivity contribution in [2.45, 2.75) is 31.4 Å². The van der Waals surface area contributed by atoms with Crippen LogP contribution in [0.3, 0.4) is 0 Å². The van der Waals surface area contributed by atoms with Gasteiger partial charge in [-0.1, -0.05) is 0 Å². The predicted octanol–water partition coefficient (Wildman–Crippen LogP) is -0.157. The van der Waals surface area contributed by atoms with Crippen molar-refractivity contribution >= 4 is 11.9 Å². The molecule has 0 saturated heterocycles. The topological polar surface area (TPSA) is 64.6 Å². The van der Waals surface area contributed by atoms with Crippen LogP contribution in [0.1, 0.15) is 19.3 Å². The molecule has 0 bridgehead atoms. The molecule has 5 heteroatoms. The smallest absolute Gasteiger partial charge is 0.315 e. The van der Waals surface area contributed by atoms with Gasteiger partial charge in [-0.2, -0.15) is 0 Å². The van der Waals surface area contributed by atoms with E-state index in [0.29, 0.717) is 0 Å². The molecule has 1 saturated carbocycles. The minimum atomic E-state index is -0.518. The van der Waals surface area contributed by atoms with Crippen molar-refractivity contribution in [1.29, 1.82) is 0 Å². The van der Waals surface area contributed by atoms with E-state index in [-0.39, 0.29) is 24.5 Å². The maximum absolute atomic E-state index is 11.2. The van der Waals surface area contributed by atoms with E-state index in [1.54, 1.807) is 7.11 Å². The fourth-order valence-electron chi connectivity index (χ4n) is 1.38. The molecule has 0 aromatic rings. The molecular weight excluding hydrogens is 186 g/mol. The number of rotatable bonds is 4. The van der Waals surface area contributed by atoms with Crippen molar-refractivity contribution in [2.75, 3.05) is 14.2 Å². The van der Waals surface area contributed by atoms with Crippen molar-refractivity contribution in [1.82, 2.24) is 5.32 Å². The Kier molecular flexibility index (Phi) is 3.88. The van der Waals surface area contributed by atoms with Crippen LogP contribution < -0.4 is 5.32 Å². The second-order valence-electron chi connectivity index (χ2n) is 3.28. The summed E-state index contributed by atoms with van der Waals surface area (Å²) in [7, 11) is 2.88. The summed E-state index contributed by atoms with van der Waals surface area (Å²) in [5.41, 5.74) is 0. The number of hydrogen-bond acceptors (Lipinski definition) is 4. The molecular formula is C9H15NO4. The lowest BCUT2D eigenvalue weighted by molar-refractivity contribution is -0.144. The molecule has 0 aliphatic heterocycles. The zero-order chi connectivity index (χ0) is 10.6. The summed E-state index contributed by atoms with van der Waals surface area (Å²) < 4.78 is 9.48. The first kappa shape index (κ1) is 11.0. The molecule has 80 valence electrons. The lowest BCUT2D eigenvalue weighted by Crippen LogP contribution is -2.51. The SMILES string of the molecule is COC(=O)CC(=O)NC1CCC1OC. The van der Waals surface area contributed by atoms with Crippen LogP contribution in [0, 0.1) is 0 Å². The zero-order valence-corrected chi connectivity index (χ0v) is 8.41. The third-order valence-corrected chi connectivity index (χ3v) is 2.39. The van der Waals surface area contributed by atoms with Gasteiger partial charge in [0.2, 0.25) is 5.91 Å². The van der Waals surface area contributed by atoms with Gasteiger partial charge in [-0.3, -0.25) is 9.59 Å². The Morgan fingerprint density at radius 2 is 2.07 bits per heavy atom. The average molecular weight is 201 g/mol. The quantitative estimate of drug-likeness (QED) is 0.507. The van der Waals surface area contributed by atoms with Crippen LogP contribution in [-0.2, 0) is 19.1 Å². The molecule has 1 fully saturated rings. The summed E-state index contributed by atoms with van der Waals surface area (Å²) in [6.07, 6.45) is 1.74. The average Bonchev–Trinajstić information content (AvgIpc) is 2.13. The fourth-order valence-corrected chi connectivity index (χ4v) is 1.38. The summed E-state index contributed by atoms with van der Waals surface area (Å²) >= 11 is 0. The van der Waals surface area contributed by atoms with Crippen LogP contribution in [0.2, 0.25) is 0 Å². The first-order valence-corrected chi connectivity index (χ1v) is 4.56. The minimum Gasteiger partial charge on any atom is -0.469 e. The molecule has 0 spiro atoms. The number of amides is 1. The van der Waals surface area contributed by atoms with Gasteiger partial charge in [0.1, 0.15) is 6.42 Å². The Morgan fingerprint density at radius 3 is 2.50 bits per heavy atom. The van der Waals surface area contributed by atoms with Crippen LogP contribution in [0.4, 0.5) is 0 Å². The van der Waals surface area contributed by atoms with Crippen LogP contribution in [-0.4, -0.2) is 38.2 Å². The van der Waals surface area contributed by atoms with E-state index < -0.39 is 5.97 Å². The van der Waals surface area contributed by atoms with E-state index in [4.69, 9.17) is 4.74 Å². The standard InChI is InChI=1S/C9H15NO4/c1-13-7-4-3-6(7)10-8(11)5-9(12)14-2/h6-7H,3-5H2,1-2H3,(H,10,11). The molecule has 14 heavy (non-hydrogen) atoms. The van der Waals surface area contributed by atoms with E-state index in [2.05, 4.69) is 10.1 Å². The number of nitrogens with one attached hydrogen (secondary N) is 1. The van der Waals surface area contributed by atoms with Gasteiger partial charge >= 0.3 is 5.97 Å². The highest BCUT2D eigenvalue weighted by Gasteiger charge is 2.32. The van der Waals surface area contributed by atoms with Crippen molar-refractivity contribution in [3.05, 3.63) is 0 Å². The van der Waals surface area contributed by atoms with E-state index in [1.165, 1.54) is 7.11 Å². The number of ether oxygens (including phenoxy) is 2. The highest BCUT2D eigenvalue weighted by atomic mass is 16.5. The van der Waals surface area contributed by atoms with E-state index in [1.807, 2.05) is 0 Å². The summed E-state index contributed by atoms with van der Waals surface area (Å²) in [6, 6.07) is 0.0529. The maximum atomic E-state index is 11.2. The van der Waals surface area contributed by atoms with E-state index >= 15 is 0 Å². The summed E-state index contributed by atoms with van der Waals surface area (Å²) in [6.45, 7) is 0. The first-order valence-electron chi connectivity index (χ1n) is 4.56. The Hall–Kier alpha value is -1.10. The molecule has 0 aromatic heterocycles. The highest BCUT2D eigenvalue weighted by Crippen LogP contribution is 2.22. The zero-order valence-electron chi connectivity index (χ0n) is 8.41.